The van der Waals surface area contributed by atoms with Crippen LogP contribution in [0.3, 0.4) is 0 Å². The van der Waals surface area contributed by atoms with Crippen LogP contribution in [0.15, 0.2) is 0 Å². The quantitative estimate of drug-likeness (QED) is 0.844. The molecular weight excluding hydrogens is 264 g/mol. The van der Waals surface area contributed by atoms with Crippen molar-refractivity contribution in [3.05, 3.63) is 16.0 Å². The van der Waals surface area contributed by atoms with Gasteiger partial charge < -0.3 is 15.4 Å². The Morgan fingerprint density at radius 3 is 2.16 bits per heavy atom. The molecule has 1 heterocycles. The second-order valence-electron chi connectivity index (χ2n) is 5.49. The normalized spacial score (nSPS) is 11.3. The molecule has 0 radical (unpaired) electrons. The molecule has 0 bridgehead atoms. The third kappa shape index (κ3) is 2.89. The highest BCUT2D eigenvalue weighted by Crippen LogP contribution is 2.39. The van der Waals surface area contributed by atoms with E-state index in [0.29, 0.717) is 21.0 Å². The van der Waals surface area contributed by atoms with Gasteiger partial charge in [0, 0.05) is 14.1 Å². The molecule has 19 heavy (non-hydrogen) atoms. The first kappa shape index (κ1) is 15.5. The van der Waals surface area contributed by atoms with E-state index in [1.54, 1.807) is 14.1 Å². The SMILES string of the molecule is COC(=O)c1sc(N)c(C(=O)N(C)C)c1C(C)(C)C. The van der Waals surface area contributed by atoms with Crippen molar-refractivity contribution >= 4 is 28.2 Å². The summed E-state index contributed by atoms with van der Waals surface area (Å²) < 4.78 is 4.77. The summed E-state index contributed by atoms with van der Waals surface area (Å²) in [6.45, 7) is 5.81. The van der Waals surface area contributed by atoms with Gasteiger partial charge in [-0.15, -0.1) is 11.3 Å². The fourth-order valence-electron chi connectivity index (χ4n) is 1.84. The lowest BCUT2D eigenvalue weighted by atomic mass is 9.84. The first-order valence-corrected chi connectivity index (χ1v) is 6.65. The van der Waals surface area contributed by atoms with Crippen molar-refractivity contribution in [1.29, 1.82) is 0 Å². The van der Waals surface area contributed by atoms with Crippen molar-refractivity contribution in [3.63, 3.8) is 0 Å². The number of ether oxygens (including phenoxy) is 1. The number of rotatable bonds is 2. The first-order valence-electron chi connectivity index (χ1n) is 5.84. The van der Waals surface area contributed by atoms with Gasteiger partial charge in [0.1, 0.15) is 4.88 Å². The number of carbonyl (C=O) groups excluding carboxylic acids is 2. The van der Waals surface area contributed by atoms with E-state index in [1.807, 2.05) is 20.8 Å². The van der Waals surface area contributed by atoms with Crippen molar-refractivity contribution < 1.29 is 14.3 Å². The van der Waals surface area contributed by atoms with E-state index in [0.717, 1.165) is 11.3 Å². The molecule has 1 aromatic heterocycles. The van der Waals surface area contributed by atoms with Crippen molar-refractivity contribution in [2.75, 3.05) is 26.9 Å². The minimum absolute atomic E-state index is 0.200. The summed E-state index contributed by atoms with van der Waals surface area (Å²) in [4.78, 5) is 26.0. The maximum atomic E-state index is 12.3. The Kier molecular flexibility index (Phi) is 4.25. The molecule has 0 aromatic carbocycles. The van der Waals surface area contributed by atoms with Gasteiger partial charge >= 0.3 is 5.97 Å². The van der Waals surface area contributed by atoms with Crippen molar-refractivity contribution in [3.8, 4) is 0 Å². The number of amides is 1. The number of carbonyl (C=O) groups is 2. The molecule has 0 aliphatic rings. The number of methoxy groups -OCH3 is 1. The van der Waals surface area contributed by atoms with Crippen LogP contribution in [0.1, 0.15) is 46.4 Å². The Labute approximate surface area is 117 Å². The second-order valence-corrected chi connectivity index (χ2v) is 6.54. The van der Waals surface area contributed by atoms with Gasteiger partial charge in [-0.2, -0.15) is 0 Å². The van der Waals surface area contributed by atoms with Crippen LogP contribution in [0.4, 0.5) is 5.00 Å². The molecule has 106 valence electrons. The Balaban J connectivity index is 3.60. The van der Waals surface area contributed by atoms with E-state index >= 15 is 0 Å². The third-order valence-corrected chi connectivity index (χ3v) is 3.68. The lowest BCUT2D eigenvalue weighted by Gasteiger charge is -2.22. The first-order chi connectivity index (χ1) is 8.61. The van der Waals surface area contributed by atoms with Gasteiger partial charge in [-0.05, 0) is 11.0 Å². The number of anilines is 1. The molecular formula is C13H20N2O3S. The van der Waals surface area contributed by atoms with E-state index in [4.69, 9.17) is 10.5 Å². The van der Waals surface area contributed by atoms with Gasteiger partial charge in [0.25, 0.3) is 5.91 Å². The van der Waals surface area contributed by atoms with Crippen LogP contribution in [-0.4, -0.2) is 38.0 Å². The summed E-state index contributed by atoms with van der Waals surface area (Å²) in [7, 11) is 4.63. The number of hydrogen-bond donors (Lipinski definition) is 1. The highest BCUT2D eigenvalue weighted by Gasteiger charge is 2.33. The molecule has 1 aromatic rings. The summed E-state index contributed by atoms with van der Waals surface area (Å²) in [5.74, 6) is -0.659. The predicted octanol–water partition coefficient (Wildman–Crippen LogP) is 2.12. The van der Waals surface area contributed by atoms with E-state index in [9.17, 15) is 9.59 Å². The standard InChI is InChI=1S/C13H20N2O3S/c1-13(2,3)8-7(11(16)15(4)5)10(14)19-9(8)12(17)18-6/h14H2,1-6H3. The zero-order chi connectivity index (χ0) is 15.0. The summed E-state index contributed by atoms with van der Waals surface area (Å²) >= 11 is 1.10. The van der Waals surface area contributed by atoms with Crippen LogP contribution in [0, 0.1) is 0 Å². The minimum Gasteiger partial charge on any atom is -0.465 e. The maximum Gasteiger partial charge on any atom is 0.348 e. The molecule has 5 nitrogen and oxygen atoms in total. The minimum atomic E-state index is -0.459. The van der Waals surface area contributed by atoms with Crippen molar-refractivity contribution in [1.82, 2.24) is 4.90 Å². The van der Waals surface area contributed by atoms with Crippen LogP contribution in [0.2, 0.25) is 0 Å². The molecule has 0 atom stereocenters. The zero-order valence-electron chi connectivity index (χ0n) is 12.2. The molecule has 0 saturated heterocycles. The molecule has 1 rings (SSSR count). The zero-order valence-corrected chi connectivity index (χ0v) is 13.0. The van der Waals surface area contributed by atoms with Crippen molar-refractivity contribution in [2.24, 2.45) is 0 Å². The summed E-state index contributed by atoms with van der Waals surface area (Å²) in [5.41, 5.74) is 6.62. The summed E-state index contributed by atoms with van der Waals surface area (Å²) in [6.07, 6.45) is 0. The molecule has 0 aliphatic heterocycles. The van der Waals surface area contributed by atoms with Crippen LogP contribution in [0.25, 0.3) is 0 Å². The molecule has 6 heteroatoms. The molecule has 1 amide bonds. The van der Waals surface area contributed by atoms with Gasteiger partial charge in [0.2, 0.25) is 0 Å². The molecule has 2 N–H and O–H groups in total. The Bertz CT molecular complexity index is 513. The number of nitrogens with two attached hydrogens (primary N) is 1. The molecule has 0 spiro atoms. The van der Waals surface area contributed by atoms with Crippen LogP contribution in [-0.2, 0) is 10.2 Å². The predicted molar refractivity (Wildman–Crippen MR) is 76.8 cm³/mol. The highest BCUT2D eigenvalue weighted by molar-refractivity contribution is 7.18. The van der Waals surface area contributed by atoms with Gasteiger partial charge in [-0.1, -0.05) is 20.8 Å². The van der Waals surface area contributed by atoms with E-state index in [-0.39, 0.29) is 11.3 Å². The van der Waals surface area contributed by atoms with E-state index in [1.165, 1.54) is 12.0 Å². The topological polar surface area (TPSA) is 72.6 Å². The third-order valence-electron chi connectivity index (χ3n) is 2.68. The Morgan fingerprint density at radius 2 is 1.79 bits per heavy atom. The van der Waals surface area contributed by atoms with Crippen LogP contribution in [0.5, 0.6) is 0 Å². The van der Waals surface area contributed by atoms with Crippen molar-refractivity contribution in [2.45, 2.75) is 26.2 Å². The van der Waals surface area contributed by atoms with E-state index < -0.39 is 5.97 Å². The fraction of sp³-hybridized carbons (Fsp3) is 0.538. The average molecular weight is 284 g/mol. The van der Waals surface area contributed by atoms with Gasteiger partial charge in [-0.25, -0.2) is 4.79 Å². The largest absolute Gasteiger partial charge is 0.465 e. The highest BCUT2D eigenvalue weighted by atomic mass is 32.1. The summed E-state index contributed by atoms with van der Waals surface area (Å²) in [6, 6.07) is 0. The number of hydrogen-bond acceptors (Lipinski definition) is 5. The monoisotopic (exact) mass is 284 g/mol. The fourth-order valence-corrected chi connectivity index (χ4v) is 3.03. The lowest BCUT2D eigenvalue weighted by Crippen LogP contribution is -2.27. The number of thiophene rings is 1. The van der Waals surface area contributed by atoms with Crippen LogP contribution >= 0.6 is 11.3 Å². The van der Waals surface area contributed by atoms with Gasteiger partial charge in [0.15, 0.2) is 0 Å². The van der Waals surface area contributed by atoms with E-state index in [2.05, 4.69) is 0 Å². The Morgan fingerprint density at radius 1 is 1.26 bits per heavy atom. The molecule has 0 unspecified atom stereocenters. The van der Waals surface area contributed by atoms with Gasteiger partial charge in [0.05, 0.1) is 17.7 Å². The molecule has 0 aliphatic carbocycles. The average Bonchev–Trinajstić information content (AvgIpc) is 2.64. The summed E-state index contributed by atoms with van der Waals surface area (Å²) in [5, 5.41) is 0.351. The molecule has 0 fully saturated rings. The van der Waals surface area contributed by atoms with Crippen LogP contribution < -0.4 is 5.73 Å². The molecule has 0 saturated carbocycles. The smallest absolute Gasteiger partial charge is 0.348 e. The second kappa shape index (κ2) is 5.21. The maximum absolute atomic E-state index is 12.3. The van der Waals surface area contributed by atoms with Gasteiger partial charge in [-0.3, -0.25) is 4.79 Å². The lowest BCUT2D eigenvalue weighted by molar-refractivity contribution is 0.0603. The number of esters is 1. The number of nitrogens with zero attached hydrogens (tertiary/aromatic N) is 1. The number of nitrogen functional groups attached to an aromatic ring is 1. The Hall–Kier alpha value is -1.56.